The Hall–Kier alpha value is 6.90. The van der Waals surface area contributed by atoms with Gasteiger partial charge in [-0.15, -0.1) is 0 Å². The first-order valence-electron chi connectivity index (χ1n) is 29.0. The van der Waals surface area contributed by atoms with Gasteiger partial charge in [-0.05, 0) is 78.6 Å². The number of esters is 1. The van der Waals surface area contributed by atoms with Crippen LogP contribution in [0.5, 0.6) is 0 Å². The van der Waals surface area contributed by atoms with Crippen molar-refractivity contribution in [3.05, 3.63) is 0 Å². The molecule has 44 nitrogen and oxygen atoms in total. The monoisotopic (exact) mass is 2210 g/mol. The van der Waals surface area contributed by atoms with Crippen molar-refractivity contribution in [1.29, 1.82) is 0 Å². The van der Waals surface area contributed by atoms with E-state index < -0.39 is 374 Å². The topological polar surface area (TPSA) is 700 Å². The molecule has 0 aromatic rings. The second-order valence-electron chi connectivity index (χ2n) is 24.3. The van der Waals surface area contributed by atoms with Crippen LogP contribution in [0.1, 0.15) is 33.6 Å². The molecule has 0 saturated carbocycles. The summed E-state index contributed by atoms with van der Waals surface area (Å²) in [4.78, 5) is 339. The first-order valence-corrected chi connectivity index (χ1v) is 116. The molecule has 5 atom stereocenters. The maximum atomic E-state index is 13.8. The minimum Gasteiger partial charge on any atom is -0.463 e. The van der Waals surface area contributed by atoms with Crippen molar-refractivity contribution in [1.82, 2.24) is 0 Å². The second-order valence-corrected chi connectivity index (χ2v) is 204. The van der Waals surface area contributed by atoms with Crippen molar-refractivity contribution in [2.75, 3.05) is 19.8 Å². The van der Waals surface area contributed by atoms with Crippen LogP contribution in [0.25, 0.3) is 0 Å². The maximum absolute atomic E-state index is 13.8. The number of ether oxygens (including phenoxy) is 2. The summed E-state index contributed by atoms with van der Waals surface area (Å²) in [5.41, 5.74) is -0.857. The fourth-order valence-electron chi connectivity index (χ4n) is 9.58. The van der Waals surface area contributed by atoms with Crippen LogP contribution in [0.4, 0.5) is 0 Å². The van der Waals surface area contributed by atoms with Crippen LogP contribution in [-0.4, -0.2) is 514 Å². The molecule has 0 fully saturated rings. The molecule has 0 heterocycles. The molecule has 0 aromatic carbocycles. The zero-order valence-corrected chi connectivity index (χ0v) is 100. The van der Waals surface area contributed by atoms with Gasteiger partial charge in [0.15, 0.2) is 8.32 Å². The predicted molar refractivity (Wildman–Crippen MR) is 431 cm³/mol. The van der Waals surface area contributed by atoms with Gasteiger partial charge < -0.3 is 196 Å². The van der Waals surface area contributed by atoms with E-state index in [4.69, 9.17) is 71.2 Å². The largest absolute Gasteiger partial charge is 0.463 e. The van der Waals surface area contributed by atoms with E-state index in [-0.39, 0.29) is 32.3 Å². The Morgan fingerprint density at radius 2 is 0.710 bits per heavy atom. The third-order valence-corrected chi connectivity index (χ3v) is 325. The molecule has 26 N–H and O–H groups in total. The number of carbonyl (C=O) groups is 1. The smallest absolute Gasteiger partial charge is 0.420 e. The fourth-order valence-corrected chi connectivity index (χ4v) is 527. The molecule has 0 bridgehead atoms. The Kier molecular flexibility index (Phi) is 53.4. The van der Waals surface area contributed by atoms with Gasteiger partial charge in [0, 0.05) is 6.61 Å². The highest BCUT2D eigenvalue weighted by Gasteiger charge is 3.01. The summed E-state index contributed by atoms with van der Waals surface area (Å²) in [5.74, 6) is -0.525. The average Bonchev–Trinajstić information content (AvgIpc) is 0.639. The highest BCUT2D eigenvalue weighted by molar-refractivity contribution is 8.24. The van der Waals surface area contributed by atoms with Gasteiger partial charge in [0.1, 0.15) is 14.2 Å². The van der Waals surface area contributed by atoms with Gasteiger partial charge in [0.05, 0.1) is 12.0 Å². The highest BCUT2D eigenvalue weighted by Crippen LogP contribution is 2.54. The van der Waals surface area contributed by atoms with Crippen LogP contribution in [0.15, 0.2) is 0 Å². The van der Waals surface area contributed by atoms with Crippen LogP contribution in [0.2, 0.25) is 71.5 Å². The number of hydrogen-bond acceptors (Lipinski definition) is 44. The third kappa shape index (κ3) is 25.6. The lowest BCUT2D eigenvalue weighted by atomic mass is 9.91. The van der Waals surface area contributed by atoms with Gasteiger partial charge in [-0.25, -0.2) is 0 Å². The quantitative estimate of drug-likeness (QED) is 0.0153. The molecule has 5 unspecified atom stereocenters. The van der Waals surface area contributed by atoms with E-state index in [1.165, 1.54) is 26.2 Å². The van der Waals surface area contributed by atoms with Gasteiger partial charge in [-0.2, -0.15) is 0 Å². The van der Waals surface area contributed by atoms with Crippen LogP contribution in [0, 0.1) is 5.41 Å². The SMILES string of the molecule is CCC(C)(C)C(=O)OCCOCCC[Si](C)(O[SiH](C)O[Si](O[Si](O[Si](O)([Si]O)[Si](C)(C)C)([Si](O[Si]O)([Si]O)[Si]O)[Si](O[Si]O)([Si]O)[Si]O)([Si](O[Si](O[Si]O)([Si]O)[Si]O)([Si](O[Si]O)([Si]O)[Si]O)[Si](O[Si]O)([Si]O)[Si]O)[Si](O[Si](O[Si]O)([Si]O)[Si]O)([Si](O[Si]O)([Si]O)[Si]O)[Si](O[Si](C)(C)O)([Si]O)[Si]O)O[Si](C)(C)C. The minimum absolute atomic E-state index is 0.0565. The molecule has 0 aliphatic heterocycles. The van der Waals surface area contributed by atoms with E-state index in [2.05, 4.69) is 0 Å². The van der Waals surface area contributed by atoms with Gasteiger partial charge in [-0.1, -0.05) is 26.6 Å². The summed E-state index contributed by atoms with van der Waals surface area (Å²) in [6.45, 7) is -36.9. The van der Waals surface area contributed by atoms with E-state index in [0.717, 1.165) is 19.6 Å². The first kappa shape index (κ1) is 114. The van der Waals surface area contributed by atoms with Crippen molar-refractivity contribution in [3.63, 3.8) is 0 Å². The predicted octanol–water partition coefficient (Wildman–Crippen LogP) is -23.6. The average molecular weight is 2210 g/mol. The molecule has 0 aliphatic carbocycles. The van der Waals surface area contributed by atoms with Crippen LogP contribution in [0.3, 0.4) is 0 Å². The summed E-state index contributed by atoms with van der Waals surface area (Å²) in [6.07, 6.45) is 0.376. The molecule has 0 spiro atoms. The summed E-state index contributed by atoms with van der Waals surface area (Å²) in [7, 11) is -110. The Balaban J connectivity index is 13.7. The molecule has 86 heteroatoms. The molecule has 0 saturated heterocycles. The Morgan fingerprint density at radius 1 is 0.374 bits per heavy atom. The molecule has 0 aromatic heterocycles. The van der Waals surface area contributed by atoms with Crippen LogP contribution < -0.4 is 0 Å². The standard InChI is InChI=1S/C21H78O44Si42/c1-14-21(2,3)20(22)50-18-17-49-16-15-19-94(13,60-91(5,6)7)58-90(4)59-98(106(102(82-39,83-40)55-70-27,103(84-41,85-42)56-71-28)63-96(74-31,75-32)51-66-23,65-99(100(78-35,79-36)53-68-25,101(80-37,81-38)54-69-26)62-95(48,73-30)92(8,9)10)107(104(86-43,87-44)57-72-29,64-97(76-33,77-34)52-67-24)105(88-45,89-46)61-93(11,12)47/h23-48,90H,14-19H2,1-13H3. The van der Waals surface area contributed by atoms with Gasteiger partial charge in [0.25, 0.3) is 83.2 Å². The van der Waals surface area contributed by atoms with E-state index in [9.17, 15) is 129 Å². The molecule has 48 radical (unpaired) electrons. The normalized spacial score (nSPS) is 16.9. The van der Waals surface area contributed by atoms with Gasteiger partial charge in [0.2, 0.25) is 139 Å². The summed E-state index contributed by atoms with van der Waals surface area (Å²) in [6, 6.07) is -0.227. The van der Waals surface area contributed by atoms with E-state index in [0.29, 0.717) is 6.42 Å². The van der Waals surface area contributed by atoms with Crippen molar-refractivity contribution in [2.45, 2.75) is 105 Å². The Bertz CT molecular complexity index is 2440. The van der Waals surface area contributed by atoms with E-state index >= 15 is 0 Å². The van der Waals surface area contributed by atoms with Gasteiger partial charge >= 0.3 is 131 Å². The van der Waals surface area contributed by atoms with Crippen LogP contribution >= 0.6 is 0 Å². The van der Waals surface area contributed by atoms with Gasteiger partial charge in [-0.3, -0.25) is 4.79 Å². The maximum Gasteiger partial charge on any atom is 0.420 e. The van der Waals surface area contributed by atoms with Crippen molar-refractivity contribution >= 4 is 369 Å². The highest BCUT2D eigenvalue weighted by atomic mass is 30.5. The lowest BCUT2D eigenvalue weighted by Crippen LogP contribution is -3.14. The molecule has 107 heavy (non-hydrogen) atoms. The lowest BCUT2D eigenvalue weighted by molar-refractivity contribution is -0.155. The summed E-state index contributed by atoms with van der Waals surface area (Å²) < 4.78 is 116. The zero-order valence-electron chi connectivity index (χ0n) is 58.3. The Labute approximate surface area is 692 Å². The second kappa shape index (κ2) is 50.1. The molecular formula is C21H78O44Si42. The van der Waals surface area contributed by atoms with Crippen molar-refractivity contribution < 1.29 is 201 Å². The molecular weight excluding hydrogens is 2140 g/mol. The molecule has 0 amide bonds. The van der Waals surface area contributed by atoms with E-state index in [1.807, 2.05) is 0 Å². The molecule has 0 rings (SSSR count). The summed E-state index contributed by atoms with van der Waals surface area (Å²) >= 11 is 0. The van der Waals surface area contributed by atoms with Crippen molar-refractivity contribution in [2.24, 2.45) is 5.41 Å². The molecule has 0 aliphatic rings. The number of carbonyl (C=O) groups excluding carboxylic acids is 1. The fraction of sp³-hybridized carbons (Fsp3) is 0.952. The summed E-state index contributed by atoms with van der Waals surface area (Å²) in [5, 5.41) is 0. The van der Waals surface area contributed by atoms with Crippen molar-refractivity contribution in [3.8, 4) is 0 Å². The third-order valence-electron chi connectivity index (χ3n) is 14.5. The number of hydrogen-bond donors (Lipinski definition) is 26. The van der Waals surface area contributed by atoms with E-state index in [1.54, 1.807) is 40.4 Å². The first-order chi connectivity index (χ1) is 49.7. The van der Waals surface area contributed by atoms with Crippen LogP contribution in [-0.2, 0) is 76.0 Å². The minimum atomic E-state index is -8.34. The lowest BCUT2D eigenvalue weighted by Gasteiger charge is -2.70. The molecule has 594 valence electrons. The Morgan fingerprint density at radius 3 is 0.991 bits per heavy atom. The number of rotatable bonds is 65. The zero-order chi connectivity index (χ0) is 83.4.